The number of hydrogen-bond acceptors (Lipinski definition) is 3. The van der Waals surface area contributed by atoms with Gasteiger partial charge in [-0.3, -0.25) is 9.69 Å². The number of thioether (sulfide) groups is 1. The van der Waals surface area contributed by atoms with Crippen molar-refractivity contribution in [3.8, 4) is 0 Å². The summed E-state index contributed by atoms with van der Waals surface area (Å²) in [7, 11) is 2.22. The van der Waals surface area contributed by atoms with Crippen LogP contribution in [0.25, 0.3) is 0 Å². The number of likely N-dealkylation sites (tertiary alicyclic amines) is 2. The van der Waals surface area contributed by atoms with Crippen LogP contribution in [0.5, 0.6) is 0 Å². The van der Waals surface area contributed by atoms with Gasteiger partial charge in [0.2, 0.25) is 0 Å². The van der Waals surface area contributed by atoms with Crippen molar-refractivity contribution in [3.63, 3.8) is 0 Å². The minimum atomic E-state index is 0.179. The molecule has 1 amide bonds. The van der Waals surface area contributed by atoms with Gasteiger partial charge in [0.25, 0.3) is 5.91 Å². The summed E-state index contributed by atoms with van der Waals surface area (Å²) in [5, 5.41) is 0. The van der Waals surface area contributed by atoms with Crippen molar-refractivity contribution in [3.05, 3.63) is 65.2 Å². The number of benzene rings is 2. The monoisotopic (exact) mass is 366 g/mol. The van der Waals surface area contributed by atoms with Crippen molar-refractivity contribution < 1.29 is 4.79 Å². The standard InChI is InChI=1S/C22H26N2OS/c1-15-6-4-5-7-19(15)21-20-14-24(13-17(20)12-23(21)2)22(25)16-8-10-18(26-3)11-9-16/h4-11,17,20-21H,12-14H2,1-3H3/t17-,20+,21+/m0/s1. The molecule has 0 aromatic heterocycles. The number of carbonyl (C=O) groups excluding carboxylic acids is 1. The van der Waals surface area contributed by atoms with Crippen LogP contribution < -0.4 is 0 Å². The minimum Gasteiger partial charge on any atom is -0.338 e. The first kappa shape index (κ1) is 17.6. The highest BCUT2D eigenvalue weighted by molar-refractivity contribution is 7.98. The number of carbonyl (C=O) groups is 1. The molecule has 2 heterocycles. The van der Waals surface area contributed by atoms with Gasteiger partial charge >= 0.3 is 0 Å². The molecule has 3 atom stereocenters. The SMILES string of the molecule is CSc1ccc(C(=O)N2C[C@@H]3CN(C)[C@H](c4ccccc4C)[C@@H]3C2)cc1. The predicted molar refractivity (Wildman–Crippen MR) is 108 cm³/mol. The van der Waals surface area contributed by atoms with Crippen molar-refractivity contribution in [1.82, 2.24) is 9.80 Å². The summed E-state index contributed by atoms with van der Waals surface area (Å²) < 4.78 is 0. The molecule has 0 aliphatic carbocycles. The van der Waals surface area contributed by atoms with Crippen LogP contribution in [0.3, 0.4) is 0 Å². The molecule has 4 heteroatoms. The first-order chi connectivity index (χ1) is 12.6. The summed E-state index contributed by atoms with van der Waals surface area (Å²) >= 11 is 1.70. The highest BCUT2D eigenvalue weighted by atomic mass is 32.2. The molecule has 2 aromatic rings. The molecule has 2 aliphatic rings. The second-order valence-corrected chi connectivity index (χ2v) is 8.48. The summed E-state index contributed by atoms with van der Waals surface area (Å²) in [6.07, 6.45) is 2.06. The summed E-state index contributed by atoms with van der Waals surface area (Å²) in [5.41, 5.74) is 3.58. The molecule has 2 saturated heterocycles. The maximum absolute atomic E-state index is 13.0. The number of fused-ring (bicyclic) bond motifs is 1. The maximum Gasteiger partial charge on any atom is 0.253 e. The third kappa shape index (κ3) is 3.06. The Bertz CT molecular complexity index is 804. The lowest BCUT2D eigenvalue weighted by molar-refractivity contribution is 0.0767. The average molecular weight is 367 g/mol. The van der Waals surface area contributed by atoms with Crippen LogP contribution in [-0.2, 0) is 0 Å². The van der Waals surface area contributed by atoms with Crippen molar-refractivity contribution in [2.24, 2.45) is 11.8 Å². The lowest BCUT2D eigenvalue weighted by atomic mass is 9.88. The largest absolute Gasteiger partial charge is 0.338 e. The van der Waals surface area contributed by atoms with E-state index in [2.05, 4.69) is 54.3 Å². The van der Waals surface area contributed by atoms with E-state index < -0.39 is 0 Å². The Hall–Kier alpha value is -1.78. The molecule has 3 nitrogen and oxygen atoms in total. The molecule has 0 radical (unpaired) electrons. The zero-order valence-corrected chi connectivity index (χ0v) is 16.5. The lowest BCUT2D eigenvalue weighted by Crippen LogP contribution is -2.33. The quantitative estimate of drug-likeness (QED) is 0.765. The summed E-state index contributed by atoms with van der Waals surface area (Å²) in [5.74, 6) is 1.27. The van der Waals surface area contributed by atoms with E-state index in [4.69, 9.17) is 0 Å². The molecular formula is C22H26N2OS. The van der Waals surface area contributed by atoms with Crippen molar-refractivity contribution in [2.75, 3.05) is 32.9 Å². The molecular weight excluding hydrogens is 340 g/mol. The highest BCUT2D eigenvalue weighted by Gasteiger charge is 2.47. The predicted octanol–water partition coefficient (Wildman–Crippen LogP) is 4.09. The first-order valence-corrected chi connectivity index (χ1v) is 10.5. The Balaban J connectivity index is 1.54. The van der Waals surface area contributed by atoms with Crippen LogP contribution >= 0.6 is 11.8 Å². The number of amides is 1. The Morgan fingerprint density at radius 1 is 1.04 bits per heavy atom. The van der Waals surface area contributed by atoms with Crippen LogP contribution in [0, 0.1) is 18.8 Å². The lowest BCUT2D eigenvalue weighted by Gasteiger charge is -2.28. The molecule has 4 rings (SSSR count). The molecule has 2 fully saturated rings. The average Bonchev–Trinajstić information content (AvgIpc) is 3.19. The van der Waals surface area contributed by atoms with Crippen molar-refractivity contribution in [1.29, 1.82) is 0 Å². The number of hydrogen-bond donors (Lipinski definition) is 0. The van der Waals surface area contributed by atoms with E-state index in [0.29, 0.717) is 17.9 Å². The van der Waals surface area contributed by atoms with Crippen molar-refractivity contribution in [2.45, 2.75) is 17.9 Å². The molecule has 26 heavy (non-hydrogen) atoms. The number of nitrogens with zero attached hydrogens (tertiary/aromatic N) is 2. The van der Waals surface area contributed by atoms with E-state index in [1.807, 2.05) is 24.3 Å². The van der Waals surface area contributed by atoms with Gasteiger partial charge in [0.15, 0.2) is 0 Å². The topological polar surface area (TPSA) is 23.6 Å². The zero-order valence-electron chi connectivity index (χ0n) is 15.7. The Kier molecular flexibility index (Phi) is 4.80. The second-order valence-electron chi connectivity index (χ2n) is 7.60. The third-order valence-corrected chi connectivity index (χ3v) is 6.77. The van der Waals surface area contributed by atoms with Gasteiger partial charge in [-0.15, -0.1) is 11.8 Å². The fourth-order valence-electron chi connectivity index (χ4n) is 4.73. The minimum absolute atomic E-state index is 0.179. The Morgan fingerprint density at radius 3 is 2.46 bits per heavy atom. The van der Waals surface area contributed by atoms with Crippen LogP contribution in [-0.4, -0.2) is 48.6 Å². The van der Waals surface area contributed by atoms with E-state index in [1.165, 1.54) is 16.0 Å². The van der Waals surface area contributed by atoms with Gasteiger partial charge in [-0.2, -0.15) is 0 Å². The molecule has 0 unspecified atom stereocenters. The molecule has 0 bridgehead atoms. The highest BCUT2D eigenvalue weighted by Crippen LogP contribution is 2.45. The summed E-state index contributed by atoms with van der Waals surface area (Å²) in [6.45, 7) is 5.00. The van der Waals surface area contributed by atoms with Gasteiger partial charge in [0.1, 0.15) is 0 Å². The van der Waals surface area contributed by atoms with Gasteiger partial charge < -0.3 is 4.90 Å². The van der Waals surface area contributed by atoms with E-state index in [9.17, 15) is 4.79 Å². The Morgan fingerprint density at radius 2 is 1.77 bits per heavy atom. The van der Waals surface area contributed by atoms with E-state index in [0.717, 1.165) is 25.2 Å². The second kappa shape index (κ2) is 7.09. The normalized spacial score (nSPS) is 25.5. The van der Waals surface area contributed by atoms with Crippen molar-refractivity contribution >= 4 is 17.7 Å². The molecule has 0 saturated carbocycles. The fraction of sp³-hybridized carbons (Fsp3) is 0.409. The molecule has 136 valence electrons. The van der Waals surface area contributed by atoms with Crippen LogP contribution in [0.15, 0.2) is 53.4 Å². The maximum atomic E-state index is 13.0. The van der Waals surface area contributed by atoms with Gasteiger partial charge in [-0.25, -0.2) is 0 Å². The van der Waals surface area contributed by atoms with E-state index in [-0.39, 0.29) is 5.91 Å². The van der Waals surface area contributed by atoms with Crippen LogP contribution in [0.4, 0.5) is 0 Å². The molecule has 2 aliphatic heterocycles. The summed E-state index contributed by atoms with van der Waals surface area (Å²) in [4.78, 5) is 18.7. The van der Waals surface area contributed by atoms with Gasteiger partial charge in [0, 0.05) is 42.1 Å². The number of aryl methyl sites for hydroxylation is 1. The third-order valence-electron chi connectivity index (χ3n) is 6.03. The summed E-state index contributed by atoms with van der Waals surface area (Å²) in [6, 6.07) is 17.1. The fourth-order valence-corrected chi connectivity index (χ4v) is 5.13. The van der Waals surface area contributed by atoms with Crippen LogP contribution in [0.2, 0.25) is 0 Å². The zero-order chi connectivity index (χ0) is 18.3. The van der Waals surface area contributed by atoms with E-state index >= 15 is 0 Å². The van der Waals surface area contributed by atoms with Crippen LogP contribution in [0.1, 0.15) is 27.5 Å². The first-order valence-electron chi connectivity index (χ1n) is 9.27. The van der Waals surface area contributed by atoms with Gasteiger partial charge in [-0.05, 0) is 61.5 Å². The van der Waals surface area contributed by atoms with E-state index in [1.54, 1.807) is 11.8 Å². The van der Waals surface area contributed by atoms with Gasteiger partial charge in [-0.1, -0.05) is 24.3 Å². The molecule has 2 aromatic carbocycles. The van der Waals surface area contributed by atoms with Gasteiger partial charge in [0.05, 0.1) is 0 Å². The number of rotatable bonds is 3. The Labute approximate surface area is 160 Å². The molecule has 0 spiro atoms. The smallest absolute Gasteiger partial charge is 0.253 e. The molecule has 0 N–H and O–H groups in total.